The van der Waals surface area contributed by atoms with Gasteiger partial charge in [-0.25, -0.2) is 0 Å². The van der Waals surface area contributed by atoms with Crippen molar-refractivity contribution in [2.24, 2.45) is 0 Å². The molecule has 1 fully saturated rings. The highest BCUT2D eigenvalue weighted by Gasteiger charge is 2.15. The molecule has 88 valence electrons. The number of hydrogen-bond donors (Lipinski definition) is 1. The molecule has 2 nitrogen and oxygen atoms in total. The molecular formula is C12H16BrNOS. The van der Waals surface area contributed by atoms with E-state index in [1.165, 1.54) is 43.4 Å². The lowest BCUT2D eigenvalue weighted by atomic mass is 9.95. The molecule has 0 atom stereocenters. The first-order valence-electron chi connectivity index (χ1n) is 5.77. The summed E-state index contributed by atoms with van der Waals surface area (Å²) in [4.78, 5) is 12.7. The van der Waals surface area contributed by atoms with Crippen LogP contribution < -0.4 is 5.32 Å². The summed E-state index contributed by atoms with van der Waals surface area (Å²) in [6, 6.07) is 4.37. The summed E-state index contributed by atoms with van der Waals surface area (Å²) in [6.45, 7) is 0.484. The fourth-order valence-corrected chi connectivity index (χ4v) is 3.42. The molecule has 1 heterocycles. The van der Waals surface area contributed by atoms with Gasteiger partial charge in [0.05, 0.1) is 15.2 Å². The SMILES string of the molecule is O=C(CNC1CCCCC1)c1ccc(Br)s1. The van der Waals surface area contributed by atoms with Crippen LogP contribution in [-0.4, -0.2) is 18.4 Å². The maximum absolute atomic E-state index is 11.8. The number of hydrogen-bond acceptors (Lipinski definition) is 3. The third-order valence-electron chi connectivity index (χ3n) is 3.00. The molecule has 4 heteroatoms. The molecule has 0 spiro atoms. The summed E-state index contributed by atoms with van der Waals surface area (Å²) < 4.78 is 1.02. The number of halogens is 1. The molecular weight excluding hydrogens is 286 g/mol. The monoisotopic (exact) mass is 301 g/mol. The van der Waals surface area contributed by atoms with E-state index in [1.807, 2.05) is 12.1 Å². The summed E-state index contributed by atoms with van der Waals surface area (Å²) in [5.74, 6) is 0.210. The second-order valence-electron chi connectivity index (χ2n) is 4.24. The van der Waals surface area contributed by atoms with Crippen LogP contribution in [0.25, 0.3) is 0 Å². The van der Waals surface area contributed by atoms with Gasteiger partial charge in [0.25, 0.3) is 0 Å². The lowest BCUT2D eigenvalue weighted by molar-refractivity contribution is 0.0988. The first kappa shape index (κ1) is 12.3. The Balaban J connectivity index is 1.79. The van der Waals surface area contributed by atoms with Gasteiger partial charge in [0.2, 0.25) is 0 Å². The fourth-order valence-electron chi connectivity index (χ4n) is 2.10. The third-order valence-corrected chi connectivity index (χ3v) is 4.67. The van der Waals surface area contributed by atoms with Crippen molar-refractivity contribution in [3.8, 4) is 0 Å². The summed E-state index contributed by atoms with van der Waals surface area (Å²) in [5, 5.41) is 3.37. The van der Waals surface area contributed by atoms with Crippen molar-refractivity contribution >= 4 is 33.0 Å². The van der Waals surface area contributed by atoms with Gasteiger partial charge in [-0.2, -0.15) is 0 Å². The molecule has 0 unspecified atom stereocenters. The topological polar surface area (TPSA) is 29.1 Å². The Morgan fingerprint density at radius 2 is 2.12 bits per heavy atom. The van der Waals surface area contributed by atoms with Crippen LogP contribution in [0.3, 0.4) is 0 Å². The maximum Gasteiger partial charge on any atom is 0.186 e. The Morgan fingerprint density at radius 1 is 1.38 bits per heavy atom. The van der Waals surface area contributed by atoms with Crippen LogP contribution >= 0.6 is 27.3 Å². The van der Waals surface area contributed by atoms with Crippen LogP contribution in [0.1, 0.15) is 41.8 Å². The molecule has 16 heavy (non-hydrogen) atoms. The van der Waals surface area contributed by atoms with Crippen LogP contribution in [0.4, 0.5) is 0 Å². The lowest BCUT2D eigenvalue weighted by Gasteiger charge is -2.22. The minimum atomic E-state index is 0.210. The highest BCUT2D eigenvalue weighted by molar-refractivity contribution is 9.11. The quantitative estimate of drug-likeness (QED) is 0.861. The average Bonchev–Trinajstić information content (AvgIpc) is 2.74. The number of Topliss-reactive ketones (excluding diaryl/α,β-unsaturated/α-hetero) is 1. The van der Waals surface area contributed by atoms with Crippen molar-refractivity contribution in [2.45, 2.75) is 38.1 Å². The molecule has 1 aliphatic carbocycles. The molecule has 1 aliphatic rings. The lowest BCUT2D eigenvalue weighted by Crippen LogP contribution is -2.34. The van der Waals surface area contributed by atoms with Crippen molar-refractivity contribution in [1.29, 1.82) is 0 Å². The minimum absolute atomic E-state index is 0.210. The van der Waals surface area contributed by atoms with Crippen molar-refractivity contribution in [1.82, 2.24) is 5.32 Å². The van der Waals surface area contributed by atoms with Gasteiger partial charge >= 0.3 is 0 Å². The number of thiophene rings is 1. The Kier molecular flexibility index (Phi) is 4.55. The Labute approximate surface area is 109 Å². The maximum atomic E-state index is 11.8. The molecule has 1 N–H and O–H groups in total. The first-order chi connectivity index (χ1) is 7.75. The van der Waals surface area contributed by atoms with Crippen LogP contribution in [0.15, 0.2) is 15.9 Å². The zero-order valence-corrected chi connectivity index (χ0v) is 11.6. The van der Waals surface area contributed by atoms with Crippen LogP contribution in [0.2, 0.25) is 0 Å². The predicted molar refractivity (Wildman–Crippen MR) is 71.2 cm³/mol. The van der Waals surface area contributed by atoms with Crippen molar-refractivity contribution in [2.75, 3.05) is 6.54 Å². The highest BCUT2D eigenvalue weighted by Crippen LogP contribution is 2.22. The Bertz CT molecular complexity index is 358. The molecule has 0 aromatic carbocycles. The van der Waals surface area contributed by atoms with Gasteiger partial charge in [-0.1, -0.05) is 19.3 Å². The number of carbonyl (C=O) groups excluding carboxylic acids is 1. The molecule has 0 bridgehead atoms. The molecule has 0 saturated heterocycles. The number of carbonyl (C=O) groups is 1. The summed E-state index contributed by atoms with van der Waals surface area (Å²) in [5.41, 5.74) is 0. The van der Waals surface area contributed by atoms with E-state index in [4.69, 9.17) is 0 Å². The van der Waals surface area contributed by atoms with E-state index >= 15 is 0 Å². The summed E-state index contributed by atoms with van der Waals surface area (Å²) in [6.07, 6.45) is 6.40. The molecule has 1 aromatic rings. The largest absolute Gasteiger partial charge is 0.307 e. The van der Waals surface area contributed by atoms with Crippen LogP contribution in [0, 0.1) is 0 Å². The standard InChI is InChI=1S/C12H16BrNOS/c13-12-7-6-11(16-12)10(15)8-14-9-4-2-1-3-5-9/h6-7,9,14H,1-5,8H2. The second kappa shape index (κ2) is 5.94. The van der Waals surface area contributed by atoms with E-state index in [2.05, 4.69) is 21.2 Å². The first-order valence-corrected chi connectivity index (χ1v) is 7.38. The molecule has 0 aliphatic heterocycles. The highest BCUT2D eigenvalue weighted by atomic mass is 79.9. The summed E-state index contributed by atoms with van der Waals surface area (Å²) >= 11 is 4.88. The van der Waals surface area contributed by atoms with Gasteiger partial charge < -0.3 is 5.32 Å². The second-order valence-corrected chi connectivity index (χ2v) is 6.71. The van der Waals surface area contributed by atoms with Gasteiger partial charge in [-0.15, -0.1) is 11.3 Å². The van der Waals surface area contributed by atoms with Crippen molar-refractivity contribution < 1.29 is 4.79 Å². The summed E-state index contributed by atoms with van der Waals surface area (Å²) in [7, 11) is 0. The number of ketones is 1. The molecule has 1 aromatic heterocycles. The average molecular weight is 302 g/mol. The smallest absolute Gasteiger partial charge is 0.186 e. The Hall–Kier alpha value is -0.190. The van der Waals surface area contributed by atoms with E-state index in [9.17, 15) is 4.79 Å². The normalized spacial score (nSPS) is 17.6. The van der Waals surface area contributed by atoms with E-state index in [1.54, 1.807) is 0 Å². The molecule has 0 amide bonds. The molecule has 0 radical (unpaired) electrons. The van der Waals surface area contributed by atoms with Crippen LogP contribution in [-0.2, 0) is 0 Å². The van der Waals surface area contributed by atoms with Gasteiger partial charge in [0.15, 0.2) is 5.78 Å². The van der Waals surface area contributed by atoms with Crippen molar-refractivity contribution in [3.05, 3.63) is 20.8 Å². The molecule has 2 rings (SSSR count). The molecule has 1 saturated carbocycles. The van der Waals surface area contributed by atoms with Gasteiger partial charge in [-0.3, -0.25) is 4.79 Å². The zero-order valence-electron chi connectivity index (χ0n) is 9.17. The number of rotatable bonds is 4. The number of nitrogens with one attached hydrogen (secondary N) is 1. The van der Waals surface area contributed by atoms with Gasteiger partial charge in [0, 0.05) is 6.04 Å². The van der Waals surface area contributed by atoms with Crippen molar-refractivity contribution in [3.63, 3.8) is 0 Å². The van der Waals surface area contributed by atoms with E-state index in [-0.39, 0.29) is 5.78 Å². The zero-order chi connectivity index (χ0) is 11.4. The van der Waals surface area contributed by atoms with E-state index in [0.29, 0.717) is 12.6 Å². The predicted octanol–water partition coefficient (Wildman–Crippen LogP) is 3.62. The van der Waals surface area contributed by atoms with Crippen LogP contribution in [0.5, 0.6) is 0 Å². The van der Waals surface area contributed by atoms with Gasteiger partial charge in [-0.05, 0) is 40.9 Å². The fraction of sp³-hybridized carbons (Fsp3) is 0.583. The van der Waals surface area contributed by atoms with E-state index in [0.717, 1.165) is 8.66 Å². The van der Waals surface area contributed by atoms with Gasteiger partial charge in [0.1, 0.15) is 0 Å². The third kappa shape index (κ3) is 3.40. The Morgan fingerprint density at radius 3 is 2.75 bits per heavy atom. The van der Waals surface area contributed by atoms with E-state index < -0.39 is 0 Å². The minimum Gasteiger partial charge on any atom is -0.307 e.